The van der Waals surface area contributed by atoms with Crippen LogP contribution in [-0.4, -0.2) is 32.1 Å². The van der Waals surface area contributed by atoms with E-state index < -0.39 is 0 Å². The molecule has 0 radical (unpaired) electrons. The van der Waals surface area contributed by atoms with E-state index in [0.29, 0.717) is 12.2 Å². The third-order valence-electron chi connectivity index (χ3n) is 2.43. The first kappa shape index (κ1) is 14.8. The van der Waals surface area contributed by atoms with Crippen molar-refractivity contribution in [2.45, 2.75) is 6.92 Å². The summed E-state index contributed by atoms with van der Waals surface area (Å²) >= 11 is 0. The van der Waals surface area contributed by atoms with Crippen molar-refractivity contribution in [3.63, 3.8) is 0 Å². The van der Waals surface area contributed by atoms with E-state index in [1.54, 1.807) is 18.2 Å². The molecule has 0 aliphatic carbocycles. The Bertz CT molecular complexity index is 472. The van der Waals surface area contributed by atoms with E-state index in [9.17, 15) is 9.59 Å². The van der Waals surface area contributed by atoms with E-state index in [1.165, 1.54) is 14.0 Å². The Balaban J connectivity index is 2.91. The van der Waals surface area contributed by atoms with E-state index in [-0.39, 0.29) is 18.4 Å². The number of amides is 1. The lowest BCUT2D eigenvalue weighted by molar-refractivity contribution is -0.138. The van der Waals surface area contributed by atoms with Crippen molar-refractivity contribution in [3.8, 4) is 0 Å². The van der Waals surface area contributed by atoms with Crippen molar-refractivity contribution in [3.05, 3.63) is 36.9 Å². The van der Waals surface area contributed by atoms with Gasteiger partial charge in [-0.3, -0.25) is 9.59 Å². The van der Waals surface area contributed by atoms with Crippen molar-refractivity contribution >= 4 is 23.3 Å². The Morgan fingerprint density at radius 3 is 2.79 bits per heavy atom. The molecule has 0 saturated carbocycles. The molecule has 0 heterocycles. The molecule has 1 N–H and O–H groups in total. The number of nitrogens with zero attached hydrogens (tertiary/aromatic N) is 1. The minimum absolute atomic E-state index is 0.131. The normalized spacial score (nSPS) is 9.58. The standard InChI is InChI=1S/C14H18N2O3/c1-4-8-16(10-14(18)19-3)13-7-5-6-12(9-13)15-11(2)17/h4-7,9H,1,8,10H2,2-3H3,(H,15,17). The summed E-state index contributed by atoms with van der Waals surface area (Å²) in [7, 11) is 1.35. The highest BCUT2D eigenvalue weighted by Gasteiger charge is 2.11. The maximum atomic E-state index is 11.4. The van der Waals surface area contributed by atoms with Crippen molar-refractivity contribution in [1.29, 1.82) is 0 Å². The molecule has 0 aromatic heterocycles. The van der Waals surface area contributed by atoms with Gasteiger partial charge in [-0.2, -0.15) is 0 Å². The first-order valence-corrected chi connectivity index (χ1v) is 5.87. The van der Waals surface area contributed by atoms with Crippen LogP contribution in [0.1, 0.15) is 6.92 Å². The van der Waals surface area contributed by atoms with Crippen LogP contribution in [0, 0.1) is 0 Å². The second kappa shape index (κ2) is 7.20. The molecule has 102 valence electrons. The zero-order chi connectivity index (χ0) is 14.3. The largest absolute Gasteiger partial charge is 0.468 e. The van der Waals surface area contributed by atoms with Gasteiger partial charge in [-0.05, 0) is 18.2 Å². The van der Waals surface area contributed by atoms with Crippen LogP contribution in [0.3, 0.4) is 0 Å². The molecule has 0 saturated heterocycles. The van der Waals surface area contributed by atoms with Crippen molar-refractivity contribution < 1.29 is 14.3 Å². The molecular formula is C14H18N2O3. The summed E-state index contributed by atoms with van der Waals surface area (Å²) in [4.78, 5) is 24.2. The topological polar surface area (TPSA) is 58.6 Å². The zero-order valence-electron chi connectivity index (χ0n) is 11.2. The molecule has 0 fully saturated rings. The number of rotatable bonds is 6. The van der Waals surface area contributed by atoms with Gasteiger partial charge >= 0.3 is 5.97 Å². The smallest absolute Gasteiger partial charge is 0.325 e. The predicted molar refractivity (Wildman–Crippen MR) is 75.2 cm³/mol. The second-order valence-corrected chi connectivity index (χ2v) is 3.98. The predicted octanol–water partition coefficient (Wildman–Crippen LogP) is 1.81. The fourth-order valence-electron chi connectivity index (χ4n) is 1.62. The average molecular weight is 262 g/mol. The number of nitrogens with one attached hydrogen (secondary N) is 1. The molecule has 1 rings (SSSR count). The van der Waals surface area contributed by atoms with E-state index in [0.717, 1.165) is 5.69 Å². The Kier molecular flexibility index (Phi) is 5.60. The summed E-state index contributed by atoms with van der Waals surface area (Å²) in [6.45, 7) is 5.76. The highest BCUT2D eigenvalue weighted by atomic mass is 16.5. The molecule has 1 aromatic rings. The number of hydrogen-bond donors (Lipinski definition) is 1. The molecule has 5 nitrogen and oxygen atoms in total. The van der Waals surface area contributed by atoms with Gasteiger partial charge in [0.25, 0.3) is 0 Å². The average Bonchev–Trinajstić information content (AvgIpc) is 2.37. The third-order valence-corrected chi connectivity index (χ3v) is 2.43. The lowest BCUT2D eigenvalue weighted by Crippen LogP contribution is -2.30. The van der Waals surface area contributed by atoms with Gasteiger partial charge in [0.15, 0.2) is 0 Å². The van der Waals surface area contributed by atoms with Gasteiger partial charge in [0.1, 0.15) is 6.54 Å². The monoisotopic (exact) mass is 262 g/mol. The first-order chi connectivity index (χ1) is 9.06. The Labute approximate surface area is 112 Å². The van der Waals surface area contributed by atoms with E-state index in [4.69, 9.17) is 0 Å². The number of carbonyl (C=O) groups is 2. The molecule has 0 bridgehead atoms. The zero-order valence-corrected chi connectivity index (χ0v) is 11.2. The first-order valence-electron chi connectivity index (χ1n) is 5.87. The van der Waals surface area contributed by atoms with Crippen molar-refractivity contribution in [1.82, 2.24) is 0 Å². The van der Waals surface area contributed by atoms with Gasteiger partial charge in [-0.15, -0.1) is 6.58 Å². The lowest BCUT2D eigenvalue weighted by atomic mass is 10.2. The van der Waals surface area contributed by atoms with Gasteiger partial charge < -0.3 is 15.0 Å². The fraction of sp³-hybridized carbons (Fsp3) is 0.286. The highest BCUT2D eigenvalue weighted by Crippen LogP contribution is 2.19. The maximum absolute atomic E-state index is 11.4. The SMILES string of the molecule is C=CCN(CC(=O)OC)c1cccc(NC(C)=O)c1. The lowest BCUT2D eigenvalue weighted by Gasteiger charge is -2.22. The van der Waals surface area contributed by atoms with Gasteiger partial charge in [0.05, 0.1) is 7.11 Å². The van der Waals surface area contributed by atoms with E-state index >= 15 is 0 Å². The summed E-state index contributed by atoms with van der Waals surface area (Å²) < 4.78 is 4.66. The van der Waals surface area contributed by atoms with Crippen LogP contribution < -0.4 is 10.2 Å². The van der Waals surface area contributed by atoms with Crippen LogP contribution in [0.15, 0.2) is 36.9 Å². The van der Waals surface area contributed by atoms with Gasteiger partial charge in [-0.25, -0.2) is 0 Å². The second-order valence-electron chi connectivity index (χ2n) is 3.98. The molecule has 0 unspecified atom stereocenters. The number of carbonyl (C=O) groups excluding carboxylic acids is 2. The molecule has 0 aliphatic heterocycles. The number of hydrogen-bond acceptors (Lipinski definition) is 4. The number of methoxy groups -OCH3 is 1. The van der Waals surface area contributed by atoms with E-state index in [1.807, 2.05) is 17.0 Å². The van der Waals surface area contributed by atoms with Crippen LogP contribution >= 0.6 is 0 Å². The van der Waals surface area contributed by atoms with Crippen molar-refractivity contribution in [2.24, 2.45) is 0 Å². The number of esters is 1. The number of ether oxygens (including phenoxy) is 1. The maximum Gasteiger partial charge on any atom is 0.325 e. The summed E-state index contributed by atoms with van der Waals surface area (Å²) in [6, 6.07) is 7.26. The Hall–Kier alpha value is -2.30. The number of anilines is 2. The van der Waals surface area contributed by atoms with Crippen molar-refractivity contribution in [2.75, 3.05) is 30.4 Å². The van der Waals surface area contributed by atoms with Crippen LogP contribution in [-0.2, 0) is 14.3 Å². The summed E-state index contributed by atoms with van der Waals surface area (Å²) in [5.41, 5.74) is 1.50. The van der Waals surface area contributed by atoms with Gasteiger partial charge in [0, 0.05) is 24.8 Å². The molecule has 0 spiro atoms. The third kappa shape index (κ3) is 4.83. The minimum Gasteiger partial charge on any atom is -0.468 e. The van der Waals surface area contributed by atoms with E-state index in [2.05, 4.69) is 16.6 Å². The van der Waals surface area contributed by atoms with Crippen LogP contribution in [0.25, 0.3) is 0 Å². The molecule has 1 amide bonds. The van der Waals surface area contributed by atoms with Crippen LogP contribution in [0.5, 0.6) is 0 Å². The quantitative estimate of drug-likeness (QED) is 0.627. The molecule has 0 aliphatic rings. The Morgan fingerprint density at radius 1 is 1.47 bits per heavy atom. The summed E-state index contributed by atoms with van der Waals surface area (Å²) in [5, 5.41) is 2.70. The van der Waals surface area contributed by atoms with Crippen LogP contribution in [0.2, 0.25) is 0 Å². The van der Waals surface area contributed by atoms with Gasteiger partial charge in [-0.1, -0.05) is 12.1 Å². The summed E-state index contributed by atoms with van der Waals surface area (Å²) in [6.07, 6.45) is 1.70. The highest BCUT2D eigenvalue weighted by molar-refractivity contribution is 5.89. The minimum atomic E-state index is -0.327. The van der Waals surface area contributed by atoms with Gasteiger partial charge in [0.2, 0.25) is 5.91 Å². The molecule has 5 heteroatoms. The molecule has 19 heavy (non-hydrogen) atoms. The van der Waals surface area contributed by atoms with Crippen LogP contribution in [0.4, 0.5) is 11.4 Å². The molecule has 0 atom stereocenters. The summed E-state index contributed by atoms with van der Waals surface area (Å²) in [5.74, 6) is -0.466. The molecule has 1 aromatic carbocycles. The Morgan fingerprint density at radius 2 is 2.21 bits per heavy atom. The fourth-order valence-corrected chi connectivity index (χ4v) is 1.62. The number of benzene rings is 1. The molecular weight excluding hydrogens is 244 g/mol.